The van der Waals surface area contributed by atoms with E-state index in [1.165, 1.54) is 63.3 Å². The fraction of sp³-hybridized carbons (Fsp3) is 0.0411. The van der Waals surface area contributed by atoms with E-state index in [2.05, 4.69) is 259 Å². The molecule has 5 heterocycles. The Bertz CT molecular complexity index is 5280. The van der Waals surface area contributed by atoms with E-state index < -0.39 is 0 Å². The topological polar surface area (TPSA) is 47.7 Å². The highest BCUT2D eigenvalue weighted by Gasteiger charge is 2.27. The van der Waals surface area contributed by atoms with E-state index in [0.717, 1.165) is 94.3 Å². The van der Waals surface area contributed by atoms with Gasteiger partial charge in [0.2, 0.25) is 0 Å². The number of rotatable bonds is 5. The molecule has 0 saturated carbocycles. The molecule has 370 valence electrons. The van der Waals surface area contributed by atoms with E-state index in [-0.39, 0.29) is 5.92 Å². The fourth-order valence-corrected chi connectivity index (χ4v) is 14.2. The molecule has 0 amide bonds. The third kappa shape index (κ3) is 6.68. The van der Waals surface area contributed by atoms with Crippen LogP contribution in [0.2, 0.25) is 0 Å². The van der Waals surface area contributed by atoms with E-state index in [4.69, 9.17) is 14.4 Å². The molecule has 6 heteroatoms. The number of fused-ring (bicyclic) bond motifs is 16. The number of aliphatic imine (C=N–C) groups is 2. The second-order valence-corrected chi connectivity index (χ2v) is 22.3. The third-order valence-corrected chi connectivity index (χ3v) is 17.9. The summed E-state index contributed by atoms with van der Waals surface area (Å²) in [6, 6.07) is 86.1. The van der Waals surface area contributed by atoms with Crippen LogP contribution in [0.15, 0.2) is 257 Å². The molecule has 0 N–H and O–H groups in total. The van der Waals surface area contributed by atoms with Gasteiger partial charge in [-0.05, 0) is 106 Å². The Hall–Kier alpha value is -9.88. The van der Waals surface area contributed by atoms with Crippen LogP contribution in [0.3, 0.4) is 0 Å². The zero-order chi connectivity index (χ0) is 51.9. The number of nitrogens with zero attached hydrogens (tertiary/aromatic N) is 4. The maximum absolute atomic E-state index is 7.33. The lowest BCUT2D eigenvalue weighted by atomic mass is 9.91. The summed E-state index contributed by atoms with van der Waals surface area (Å²) in [7, 11) is 0. The number of para-hydroxylation sites is 3. The summed E-state index contributed by atoms with van der Waals surface area (Å²) in [5.41, 5.74) is 13.3. The van der Waals surface area contributed by atoms with E-state index in [1.807, 2.05) is 11.3 Å². The largest absolute Gasteiger partial charge is 0.453 e. The average Bonchev–Trinajstić information content (AvgIpc) is 4.21. The minimum atomic E-state index is -0.00170. The second kappa shape index (κ2) is 17.1. The molecule has 0 bridgehead atoms. The number of furan rings is 1. The molecule has 5 nitrogen and oxygen atoms in total. The molecular formula is C73H46N4OS. The highest BCUT2D eigenvalue weighted by molar-refractivity contribution is 7.26. The first-order chi connectivity index (χ1) is 39.1. The highest BCUT2D eigenvalue weighted by atomic mass is 32.1. The maximum Gasteiger partial charge on any atom is 0.161 e. The zero-order valence-corrected chi connectivity index (χ0v) is 43.8. The van der Waals surface area contributed by atoms with Crippen LogP contribution in [-0.4, -0.2) is 20.7 Å². The molecule has 0 radical (unpaired) electrons. The van der Waals surface area contributed by atoms with Gasteiger partial charge in [0.05, 0.1) is 39.2 Å². The first-order valence-electron chi connectivity index (χ1n) is 27.2. The lowest BCUT2D eigenvalue weighted by Crippen LogP contribution is -2.18. The number of aromatic nitrogens is 2. The number of thiophene rings is 1. The summed E-state index contributed by atoms with van der Waals surface area (Å²) in [5.74, 6) is 0.682. The van der Waals surface area contributed by atoms with Crippen LogP contribution in [0.25, 0.3) is 135 Å². The van der Waals surface area contributed by atoms with Crippen molar-refractivity contribution in [3.05, 3.63) is 259 Å². The molecule has 0 spiro atoms. The van der Waals surface area contributed by atoms with Crippen LogP contribution in [0.5, 0.6) is 0 Å². The Balaban J connectivity index is 0.971. The van der Waals surface area contributed by atoms with Gasteiger partial charge in [-0.25, -0.2) is 9.98 Å². The molecule has 79 heavy (non-hydrogen) atoms. The van der Waals surface area contributed by atoms with Crippen molar-refractivity contribution in [1.29, 1.82) is 0 Å². The van der Waals surface area contributed by atoms with Crippen LogP contribution in [-0.2, 0) is 0 Å². The Morgan fingerprint density at radius 3 is 1.81 bits per heavy atom. The van der Waals surface area contributed by atoms with E-state index in [1.54, 1.807) is 0 Å². The molecule has 4 aromatic heterocycles. The first kappa shape index (κ1) is 44.3. The van der Waals surface area contributed by atoms with Gasteiger partial charge in [0, 0.05) is 86.2 Å². The predicted octanol–water partition coefficient (Wildman–Crippen LogP) is 19.9. The number of benzene rings is 12. The quantitative estimate of drug-likeness (QED) is 0.169. The Morgan fingerprint density at radius 1 is 0.430 bits per heavy atom. The normalized spacial score (nSPS) is 15.1. The molecule has 1 atom stereocenters. The molecule has 1 unspecified atom stereocenters. The Kier molecular flexibility index (Phi) is 9.56. The van der Waals surface area contributed by atoms with Crippen molar-refractivity contribution >= 4 is 147 Å². The SMILES string of the molecule is CC1C/C=C(\c2cc(-n3c4cc5ccccc5cc4c4cc5ccccc5cc43)c3oc4c5ccccc5ccc4c3c2)N=C(c2cccc3c2sc2ccccc23)N=C1c1cccc2c3ccccc3n(-c3ccccc3)c12. The second-order valence-electron chi connectivity index (χ2n) is 21.2. The average molecular weight is 1030 g/mol. The zero-order valence-electron chi connectivity index (χ0n) is 43.0. The fourth-order valence-electron chi connectivity index (χ4n) is 13.0. The van der Waals surface area contributed by atoms with E-state index in [0.29, 0.717) is 12.3 Å². The summed E-state index contributed by atoms with van der Waals surface area (Å²) < 4.78 is 14.6. The molecule has 0 saturated heterocycles. The molecule has 17 rings (SSSR count). The van der Waals surface area contributed by atoms with Gasteiger partial charge in [-0.1, -0.05) is 177 Å². The smallest absolute Gasteiger partial charge is 0.161 e. The van der Waals surface area contributed by atoms with Crippen molar-refractivity contribution in [1.82, 2.24) is 9.13 Å². The summed E-state index contributed by atoms with van der Waals surface area (Å²) in [6.45, 7) is 2.33. The standard InChI is InChI=1S/C73H46N4OS/c1-43-33-36-62(74-73(58-30-16-28-56-53-26-12-14-32-67(53)79-72(56)58)75-68(43)57-29-15-27-54-52-25-11-13-31-63(52)76(69(54)57)50-22-3-2-4-23-50)49-39-61-55-35-34-44-17-9-10-24-51(44)70(55)78-71(61)66(42-49)77-64-40-47-20-7-5-18-45(47)37-59(64)60-38-46-19-6-8-21-48(46)41-65(60)77/h2-32,34-43H,33H2,1H3/b62-36+,74-73?,75-68?. The number of allylic oxidation sites excluding steroid dienone is 1. The van der Waals surface area contributed by atoms with Crippen molar-refractivity contribution in [2.75, 3.05) is 0 Å². The molecule has 0 fully saturated rings. The molecular weight excluding hydrogens is 981 g/mol. The van der Waals surface area contributed by atoms with Gasteiger partial charge in [0.15, 0.2) is 11.4 Å². The number of hydrogen-bond donors (Lipinski definition) is 0. The molecule has 16 aromatic rings. The first-order valence-corrected chi connectivity index (χ1v) is 28.0. The van der Waals surface area contributed by atoms with Crippen molar-refractivity contribution < 1.29 is 4.42 Å². The van der Waals surface area contributed by atoms with Crippen LogP contribution < -0.4 is 0 Å². The van der Waals surface area contributed by atoms with Crippen molar-refractivity contribution in [2.24, 2.45) is 15.9 Å². The monoisotopic (exact) mass is 1030 g/mol. The van der Waals surface area contributed by atoms with Crippen molar-refractivity contribution in [2.45, 2.75) is 13.3 Å². The van der Waals surface area contributed by atoms with E-state index >= 15 is 0 Å². The molecule has 12 aromatic carbocycles. The maximum atomic E-state index is 7.33. The van der Waals surface area contributed by atoms with Gasteiger partial charge in [0.1, 0.15) is 5.58 Å². The molecule has 1 aliphatic heterocycles. The molecule has 1 aliphatic rings. The Morgan fingerprint density at radius 2 is 1.05 bits per heavy atom. The molecule has 0 aliphatic carbocycles. The van der Waals surface area contributed by atoms with E-state index in [9.17, 15) is 0 Å². The number of hydrogen-bond acceptors (Lipinski definition) is 4. The predicted molar refractivity (Wildman–Crippen MR) is 336 cm³/mol. The minimum absolute atomic E-state index is 0.00170. The lowest BCUT2D eigenvalue weighted by Gasteiger charge is -2.21. The van der Waals surface area contributed by atoms with Gasteiger partial charge in [-0.3, -0.25) is 0 Å². The summed E-state index contributed by atoms with van der Waals surface area (Å²) in [5, 5.41) is 16.3. The third-order valence-electron chi connectivity index (χ3n) is 16.7. The van der Waals surface area contributed by atoms with Crippen LogP contribution >= 0.6 is 11.3 Å². The highest BCUT2D eigenvalue weighted by Crippen LogP contribution is 2.45. The van der Waals surface area contributed by atoms with Crippen molar-refractivity contribution in [3.63, 3.8) is 0 Å². The van der Waals surface area contributed by atoms with Gasteiger partial charge in [0.25, 0.3) is 0 Å². The van der Waals surface area contributed by atoms with Gasteiger partial charge in [-0.15, -0.1) is 11.3 Å². The van der Waals surface area contributed by atoms with Crippen molar-refractivity contribution in [3.8, 4) is 11.4 Å². The van der Waals surface area contributed by atoms with Crippen LogP contribution in [0.4, 0.5) is 0 Å². The van der Waals surface area contributed by atoms with Gasteiger partial charge in [-0.2, -0.15) is 0 Å². The van der Waals surface area contributed by atoms with Gasteiger partial charge >= 0.3 is 0 Å². The van der Waals surface area contributed by atoms with Gasteiger partial charge < -0.3 is 13.6 Å². The number of amidine groups is 1. The van der Waals surface area contributed by atoms with Crippen LogP contribution in [0.1, 0.15) is 30.0 Å². The summed E-state index contributed by atoms with van der Waals surface area (Å²) in [6.07, 6.45) is 3.07. The lowest BCUT2D eigenvalue weighted by molar-refractivity contribution is 0.670. The Labute approximate surface area is 457 Å². The summed E-state index contributed by atoms with van der Waals surface area (Å²) in [4.78, 5) is 11.9. The summed E-state index contributed by atoms with van der Waals surface area (Å²) >= 11 is 1.81. The minimum Gasteiger partial charge on any atom is -0.453 e. The van der Waals surface area contributed by atoms with Crippen LogP contribution in [0, 0.1) is 5.92 Å².